The van der Waals surface area contributed by atoms with Gasteiger partial charge in [-0.1, -0.05) is 6.07 Å². The van der Waals surface area contributed by atoms with Crippen LogP contribution >= 0.6 is 0 Å². The van der Waals surface area contributed by atoms with E-state index in [2.05, 4.69) is 11.1 Å². The van der Waals surface area contributed by atoms with Crippen LogP contribution in [0.15, 0.2) is 46.8 Å². The molecule has 2 aromatic heterocycles. The Kier molecular flexibility index (Phi) is 3.18. The summed E-state index contributed by atoms with van der Waals surface area (Å²) in [5, 5.41) is 9.44. The van der Waals surface area contributed by atoms with Gasteiger partial charge in [0.25, 0.3) is 5.56 Å². The highest BCUT2D eigenvalue weighted by atomic mass is 16.5. The van der Waals surface area contributed by atoms with Crippen molar-refractivity contribution >= 4 is 0 Å². The number of fused-ring (bicyclic) bond motifs is 1. The molecule has 3 rings (SSSR count). The van der Waals surface area contributed by atoms with Crippen molar-refractivity contribution in [1.82, 2.24) is 9.55 Å². The summed E-state index contributed by atoms with van der Waals surface area (Å²) in [5.74, 6) is -0.149. The van der Waals surface area contributed by atoms with E-state index in [1.807, 2.05) is 13.0 Å². The van der Waals surface area contributed by atoms with Crippen LogP contribution in [0.4, 0.5) is 0 Å². The van der Waals surface area contributed by atoms with Crippen LogP contribution < -0.4 is 16.0 Å². The second-order valence-corrected chi connectivity index (χ2v) is 5.14. The van der Waals surface area contributed by atoms with Crippen LogP contribution in [0.5, 0.6) is 5.75 Å². The molecule has 0 radical (unpaired) electrons. The molecular weight excluding hydrogens is 280 g/mol. The van der Waals surface area contributed by atoms with Gasteiger partial charge >= 0.3 is 0 Å². The first kappa shape index (κ1) is 13.9. The van der Waals surface area contributed by atoms with Crippen LogP contribution in [-0.2, 0) is 7.05 Å². The highest BCUT2D eigenvalue weighted by Gasteiger charge is 2.33. The van der Waals surface area contributed by atoms with Crippen molar-refractivity contribution in [1.29, 1.82) is 5.26 Å². The summed E-state index contributed by atoms with van der Waals surface area (Å²) in [6.45, 7) is 1.81. The van der Waals surface area contributed by atoms with E-state index in [0.717, 1.165) is 11.3 Å². The first-order valence-electron chi connectivity index (χ1n) is 6.72. The molecule has 0 amide bonds. The molecule has 22 heavy (non-hydrogen) atoms. The number of allylic oxidation sites excluding steroid dienone is 1. The van der Waals surface area contributed by atoms with Crippen molar-refractivity contribution in [3.8, 4) is 11.8 Å². The summed E-state index contributed by atoms with van der Waals surface area (Å²) in [6.07, 6.45) is 3.26. The second kappa shape index (κ2) is 5.04. The Hall–Kier alpha value is -3.07. The monoisotopic (exact) mass is 294 g/mol. The summed E-state index contributed by atoms with van der Waals surface area (Å²) < 4.78 is 7.03. The molecule has 0 fully saturated rings. The largest absolute Gasteiger partial charge is 0.440 e. The number of nitrogens with two attached hydrogens (primary N) is 1. The molecule has 0 aromatic carbocycles. The lowest BCUT2D eigenvalue weighted by Crippen LogP contribution is -2.31. The molecule has 110 valence electrons. The number of rotatable bonds is 1. The van der Waals surface area contributed by atoms with Gasteiger partial charge in [-0.15, -0.1) is 0 Å². The van der Waals surface area contributed by atoms with Gasteiger partial charge in [0.05, 0.1) is 11.5 Å². The van der Waals surface area contributed by atoms with Gasteiger partial charge in [-0.25, -0.2) is 0 Å². The number of hydrogen-bond donors (Lipinski definition) is 1. The topological polar surface area (TPSA) is 93.9 Å². The number of pyridine rings is 2. The molecular formula is C16H14N4O2. The van der Waals surface area contributed by atoms with Crippen molar-refractivity contribution in [3.63, 3.8) is 0 Å². The van der Waals surface area contributed by atoms with Gasteiger partial charge in [0, 0.05) is 31.2 Å². The van der Waals surface area contributed by atoms with Crippen LogP contribution in [-0.4, -0.2) is 9.55 Å². The van der Waals surface area contributed by atoms with Gasteiger partial charge in [0.1, 0.15) is 17.4 Å². The summed E-state index contributed by atoms with van der Waals surface area (Å²) in [5.41, 5.74) is 7.79. The summed E-state index contributed by atoms with van der Waals surface area (Å²) in [7, 11) is 1.69. The fourth-order valence-electron chi connectivity index (χ4n) is 2.62. The molecule has 0 saturated carbocycles. The maximum atomic E-state index is 12.7. The molecule has 0 spiro atoms. The Bertz CT molecular complexity index is 875. The molecule has 1 atom stereocenters. The fraction of sp³-hybridized carbons (Fsp3) is 0.188. The number of nitrogens with zero attached hydrogens (tertiary/aromatic N) is 3. The van der Waals surface area contributed by atoms with E-state index in [9.17, 15) is 10.1 Å². The van der Waals surface area contributed by atoms with Crippen molar-refractivity contribution in [2.75, 3.05) is 0 Å². The van der Waals surface area contributed by atoms with Crippen LogP contribution in [0.2, 0.25) is 0 Å². The number of aromatic nitrogens is 2. The minimum Gasteiger partial charge on any atom is -0.440 e. The van der Waals surface area contributed by atoms with Gasteiger partial charge in [-0.3, -0.25) is 9.78 Å². The van der Waals surface area contributed by atoms with E-state index in [1.165, 1.54) is 4.57 Å². The molecule has 0 unspecified atom stereocenters. The zero-order valence-corrected chi connectivity index (χ0v) is 12.2. The highest BCUT2D eigenvalue weighted by molar-refractivity contribution is 5.54. The van der Waals surface area contributed by atoms with E-state index >= 15 is 0 Å². The molecule has 6 nitrogen and oxygen atoms in total. The van der Waals surface area contributed by atoms with Crippen molar-refractivity contribution in [2.24, 2.45) is 12.8 Å². The minimum atomic E-state index is -0.568. The summed E-state index contributed by atoms with van der Waals surface area (Å²) in [6, 6.07) is 7.38. The number of ether oxygens (including phenoxy) is 1. The van der Waals surface area contributed by atoms with E-state index in [0.29, 0.717) is 11.3 Å². The van der Waals surface area contributed by atoms with Crippen LogP contribution in [0.3, 0.4) is 0 Å². The Morgan fingerprint density at radius 1 is 1.50 bits per heavy atom. The number of hydrogen-bond acceptors (Lipinski definition) is 5. The minimum absolute atomic E-state index is 0.0245. The average molecular weight is 294 g/mol. The lowest BCUT2D eigenvalue weighted by Gasteiger charge is -2.26. The fourth-order valence-corrected chi connectivity index (χ4v) is 2.62. The molecule has 2 aromatic rings. The zero-order valence-electron chi connectivity index (χ0n) is 12.2. The lowest BCUT2D eigenvalue weighted by molar-refractivity contribution is 0.389. The zero-order chi connectivity index (χ0) is 15.9. The Morgan fingerprint density at radius 2 is 2.27 bits per heavy atom. The van der Waals surface area contributed by atoms with Gasteiger partial charge in [0.15, 0.2) is 0 Å². The van der Waals surface area contributed by atoms with Crippen LogP contribution in [0.1, 0.15) is 22.7 Å². The molecule has 0 aliphatic carbocycles. The average Bonchev–Trinajstić information content (AvgIpc) is 2.52. The summed E-state index contributed by atoms with van der Waals surface area (Å²) in [4.78, 5) is 16.7. The first-order chi connectivity index (χ1) is 10.5. The third kappa shape index (κ3) is 1.95. The van der Waals surface area contributed by atoms with E-state index in [-0.39, 0.29) is 17.0 Å². The molecule has 0 saturated heterocycles. The normalized spacial score (nSPS) is 16.7. The Balaban J connectivity index is 2.36. The van der Waals surface area contributed by atoms with Crippen LogP contribution in [0.25, 0.3) is 0 Å². The molecule has 0 bridgehead atoms. The molecule has 2 N–H and O–H groups in total. The molecule has 1 aliphatic rings. The lowest BCUT2D eigenvalue weighted by atomic mass is 9.85. The smallest absolute Gasteiger partial charge is 0.258 e. The molecule has 3 heterocycles. The highest BCUT2D eigenvalue weighted by Crippen LogP contribution is 2.39. The van der Waals surface area contributed by atoms with Gasteiger partial charge in [-0.2, -0.15) is 5.26 Å². The molecule has 1 aliphatic heterocycles. The SMILES string of the molecule is Cc1cc2c(c(=O)n1C)[C@@H](c1cccnc1)C(C#N)=C(N)O2. The van der Waals surface area contributed by atoms with Gasteiger partial charge < -0.3 is 15.0 Å². The maximum absolute atomic E-state index is 12.7. The Labute approximate surface area is 127 Å². The number of aryl methyl sites for hydroxylation is 1. The Morgan fingerprint density at radius 3 is 2.91 bits per heavy atom. The summed E-state index contributed by atoms with van der Waals surface area (Å²) >= 11 is 0. The van der Waals surface area contributed by atoms with Gasteiger partial charge in [0.2, 0.25) is 5.88 Å². The standard InChI is InChI=1S/C16H14N4O2/c1-9-6-12-14(16(21)20(9)2)13(10-4-3-5-19-8-10)11(7-17)15(18)22-12/h3-6,8,13H,18H2,1-2H3/t13-/m0/s1. The van der Waals surface area contributed by atoms with E-state index in [4.69, 9.17) is 10.5 Å². The first-order valence-corrected chi connectivity index (χ1v) is 6.72. The van der Waals surface area contributed by atoms with Crippen LogP contribution in [0, 0.1) is 18.3 Å². The maximum Gasteiger partial charge on any atom is 0.258 e. The third-order valence-corrected chi connectivity index (χ3v) is 3.87. The second-order valence-electron chi connectivity index (χ2n) is 5.14. The quantitative estimate of drug-likeness (QED) is 0.855. The van der Waals surface area contributed by atoms with Gasteiger partial charge in [-0.05, 0) is 18.6 Å². The molecule has 6 heteroatoms. The predicted molar refractivity (Wildman–Crippen MR) is 80.0 cm³/mol. The van der Waals surface area contributed by atoms with Crippen molar-refractivity contribution in [3.05, 3.63) is 69.2 Å². The third-order valence-electron chi connectivity index (χ3n) is 3.87. The predicted octanol–water partition coefficient (Wildman–Crippen LogP) is 1.31. The number of nitriles is 1. The van der Waals surface area contributed by atoms with E-state index in [1.54, 1.807) is 31.6 Å². The van der Waals surface area contributed by atoms with Crippen molar-refractivity contribution in [2.45, 2.75) is 12.8 Å². The van der Waals surface area contributed by atoms with Crippen molar-refractivity contribution < 1.29 is 4.74 Å². The van der Waals surface area contributed by atoms with E-state index < -0.39 is 5.92 Å².